The van der Waals surface area contributed by atoms with Gasteiger partial charge in [0.15, 0.2) is 0 Å². The molecule has 1 atom stereocenters. The van der Waals surface area contributed by atoms with Gasteiger partial charge in [-0.3, -0.25) is 9.59 Å². The minimum atomic E-state index is -0.100. The van der Waals surface area contributed by atoms with E-state index >= 15 is 0 Å². The van der Waals surface area contributed by atoms with E-state index in [0.717, 1.165) is 32.4 Å². The minimum Gasteiger partial charge on any atom is -0.376 e. The summed E-state index contributed by atoms with van der Waals surface area (Å²) in [5.41, 5.74) is 0. The average molecular weight is 285 g/mol. The topological polar surface area (TPSA) is 61.9 Å². The van der Waals surface area contributed by atoms with E-state index in [0.29, 0.717) is 13.1 Å². The molecule has 1 aliphatic heterocycles. The van der Waals surface area contributed by atoms with Crippen LogP contribution in [-0.2, 0) is 14.3 Å². The molecule has 1 saturated heterocycles. The third-order valence-electron chi connectivity index (χ3n) is 3.33. The van der Waals surface area contributed by atoms with Gasteiger partial charge in [0.25, 0.3) is 0 Å². The molecule has 2 amide bonds. The van der Waals surface area contributed by atoms with Gasteiger partial charge in [-0.25, -0.2) is 0 Å². The summed E-state index contributed by atoms with van der Waals surface area (Å²) in [5.74, 6) is -0.180. The van der Waals surface area contributed by atoms with Crippen LogP contribution in [0.4, 0.5) is 0 Å². The van der Waals surface area contributed by atoms with Crippen LogP contribution in [0.15, 0.2) is 0 Å². The van der Waals surface area contributed by atoms with E-state index in [1.54, 1.807) is 4.90 Å². The Labute approximate surface area is 121 Å². The van der Waals surface area contributed by atoms with Crippen molar-refractivity contribution in [3.8, 4) is 0 Å². The van der Waals surface area contributed by atoms with E-state index in [9.17, 15) is 9.59 Å². The molecule has 0 aromatic carbocycles. The highest BCUT2D eigenvalue weighted by molar-refractivity contribution is 5.83. The van der Waals surface area contributed by atoms with Crippen LogP contribution in [0.5, 0.6) is 0 Å². The smallest absolute Gasteiger partial charge is 0.239 e. The van der Waals surface area contributed by atoms with Crippen LogP contribution in [0.3, 0.4) is 0 Å². The van der Waals surface area contributed by atoms with Crippen LogP contribution in [0.2, 0.25) is 0 Å². The second-order valence-electron chi connectivity index (χ2n) is 5.54. The summed E-state index contributed by atoms with van der Waals surface area (Å²) in [6, 6.07) is 0. The highest BCUT2D eigenvalue weighted by Gasteiger charge is 2.22. The number of nitrogens with one attached hydrogen (secondary N) is 1. The third kappa shape index (κ3) is 6.86. The lowest BCUT2D eigenvalue weighted by atomic mass is 10.2. The van der Waals surface area contributed by atoms with E-state index in [1.165, 1.54) is 6.92 Å². The Morgan fingerprint density at radius 2 is 2.10 bits per heavy atom. The fraction of sp³-hybridized carbons (Fsp3) is 0.857. The molecule has 1 heterocycles. The van der Waals surface area contributed by atoms with Crippen molar-refractivity contribution in [2.24, 2.45) is 0 Å². The molecule has 1 fully saturated rings. The van der Waals surface area contributed by atoms with Crippen molar-refractivity contribution in [1.82, 2.24) is 15.1 Å². The number of ether oxygens (including phenoxy) is 1. The molecule has 1 rings (SSSR count). The number of nitrogens with zero attached hydrogens (tertiary/aromatic N) is 2. The van der Waals surface area contributed by atoms with Gasteiger partial charge in [-0.15, -0.1) is 0 Å². The zero-order valence-corrected chi connectivity index (χ0v) is 12.9. The first-order valence-electron chi connectivity index (χ1n) is 7.27. The molecule has 0 saturated carbocycles. The molecule has 1 N–H and O–H groups in total. The third-order valence-corrected chi connectivity index (χ3v) is 3.33. The second-order valence-corrected chi connectivity index (χ2v) is 5.54. The molecule has 0 bridgehead atoms. The van der Waals surface area contributed by atoms with Crippen LogP contribution in [0.25, 0.3) is 0 Å². The van der Waals surface area contributed by atoms with Gasteiger partial charge in [-0.1, -0.05) is 0 Å². The number of hydrogen-bond acceptors (Lipinski definition) is 4. The van der Waals surface area contributed by atoms with Gasteiger partial charge in [-0.05, 0) is 39.9 Å². The first-order valence-corrected chi connectivity index (χ1v) is 7.27. The highest BCUT2D eigenvalue weighted by atomic mass is 16.5. The van der Waals surface area contributed by atoms with Crippen molar-refractivity contribution in [2.45, 2.75) is 32.3 Å². The van der Waals surface area contributed by atoms with Gasteiger partial charge in [0, 0.05) is 26.6 Å². The predicted molar refractivity (Wildman–Crippen MR) is 77.4 cm³/mol. The average Bonchev–Trinajstić information content (AvgIpc) is 2.86. The molecular weight excluding hydrogens is 258 g/mol. The Kier molecular flexibility index (Phi) is 7.54. The van der Waals surface area contributed by atoms with Crippen molar-refractivity contribution in [3.05, 3.63) is 0 Å². The number of carbonyl (C=O) groups excluding carboxylic acids is 2. The van der Waals surface area contributed by atoms with Gasteiger partial charge >= 0.3 is 0 Å². The van der Waals surface area contributed by atoms with Crippen LogP contribution >= 0.6 is 0 Å². The fourth-order valence-electron chi connectivity index (χ4n) is 2.19. The Morgan fingerprint density at radius 3 is 2.65 bits per heavy atom. The summed E-state index contributed by atoms with van der Waals surface area (Å²) in [6.45, 7) is 4.47. The van der Waals surface area contributed by atoms with Crippen molar-refractivity contribution >= 4 is 11.8 Å². The number of carbonyl (C=O) groups is 2. The molecule has 1 aliphatic rings. The Hall–Kier alpha value is -1.14. The van der Waals surface area contributed by atoms with Crippen LogP contribution in [-0.4, -0.2) is 74.6 Å². The summed E-state index contributed by atoms with van der Waals surface area (Å²) in [4.78, 5) is 27.0. The summed E-state index contributed by atoms with van der Waals surface area (Å²) < 4.78 is 5.51. The lowest BCUT2D eigenvalue weighted by Crippen LogP contribution is -2.43. The molecule has 0 aromatic rings. The Balaban J connectivity index is 2.25. The summed E-state index contributed by atoms with van der Waals surface area (Å²) in [7, 11) is 4.00. The van der Waals surface area contributed by atoms with Gasteiger partial charge < -0.3 is 19.9 Å². The molecule has 116 valence electrons. The molecule has 6 heteroatoms. The zero-order valence-electron chi connectivity index (χ0n) is 12.9. The highest BCUT2D eigenvalue weighted by Crippen LogP contribution is 2.13. The maximum absolute atomic E-state index is 11.8. The van der Waals surface area contributed by atoms with Gasteiger partial charge in [0.05, 0.1) is 12.6 Å². The molecule has 6 nitrogen and oxygen atoms in total. The first-order chi connectivity index (χ1) is 9.49. The number of amides is 2. The quantitative estimate of drug-likeness (QED) is 0.642. The van der Waals surface area contributed by atoms with Crippen LogP contribution in [0.1, 0.15) is 26.2 Å². The fourth-order valence-corrected chi connectivity index (χ4v) is 2.19. The van der Waals surface area contributed by atoms with E-state index < -0.39 is 0 Å². The Bertz CT molecular complexity index is 315. The van der Waals surface area contributed by atoms with E-state index in [2.05, 4.69) is 10.2 Å². The molecule has 1 unspecified atom stereocenters. The summed E-state index contributed by atoms with van der Waals surface area (Å²) in [5, 5.41) is 2.85. The maximum atomic E-state index is 11.8. The monoisotopic (exact) mass is 285 g/mol. The van der Waals surface area contributed by atoms with Gasteiger partial charge in [0.2, 0.25) is 11.8 Å². The first kappa shape index (κ1) is 16.9. The van der Waals surface area contributed by atoms with Crippen LogP contribution in [0, 0.1) is 0 Å². The summed E-state index contributed by atoms with van der Waals surface area (Å²) in [6.07, 6.45) is 2.99. The molecule has 0 spiro atoms. The second kappa shape index (κ2) is 8.92. The molecule has 0 aliphatic carbocycles. The van der Waals surface area contributed by atoms with Crippen molar-refractivity contribution in [1.29, 1.82) is 0 Å². The predicted octanol–water partition coefficient (Wildman–Crippen LogP) is 0.0818. The largest absolute Gasteiger partial charge is 0.376 e. The minimum absolute atomic E-state index is 0.0797. The lowest BCUT2D eigenvalue weighted by molar-refractivity contribution is -0.135. The Morgan fingerprint density at radius 1 is 1.35 bits per heavy atom. The molecule has 20 heavy (non-hydrogen) atoms. The molecule has 0 radical (unpaired) electrons. The number of hydrogen-bond donors (Lipinski definition) is 1. The molecule has 0 aromatic heterocycles. The van der Waals surface area contributed by atoms with Gasteiger partial charge in [0.1, 0.15) is 0 Å². The SMILES string of the molecule is CC(=O)N(CC(=O)NCCCN(C)C)CC1CCCO1. The van der Waals surface area contributed by atoms with Crippen LogP contribution < -0.4 is 5.32 Å². The van der Waals surface area contributed by atoms with Crippen molar-refractivity contribution in [2.75, 3.05) is 46.9 Å². The lowest BCUT2D eigenvalue weighted by Gasteiger charge is -2.23. The maximum Gasteiger partial charge on any atom is 0.239 e. The van der Waals surface area contributed by atoms with E-state index in [4.69, 9.17) is 4.74 Å². The van der Waals surface area contributed by atoms with Crippen molar-refractivity contribution < 1.29 is 14.3 Å². The normalized spacial score (nSPS) is 18.3. The number of rotatable bonds is 8. The zero-order chi connectivity index (χ0) is 15.0. The van der Waals surface area contributed by atoms with Crippen molar-refractivity contribution in [3.63, 3.8) is 0 Å². The summed E-state index contributed by atoms with van der Waals surface area (Å²) >= 11 is 0. The molecular formula is C14H27N3O3. The standard InChI is InChI=1S/C14H27N3O3/c1-12(18)17(10-13-6-4-9-20-13)11-14(19)15-7-5-8-16(2)3/h13H,4-11H2,1-3H3,(H,15,19). The van der Waals surface area contributed by atoms with E-state index in [1.807, 2.05) is 14.1 Å². The van der Waals surface area contributed by atoms with E-state index in [-0.39, 0.29) is 24.5 Å². The van der Waals surface area contributed by atoms with Gasteiger partial charge in [-0.2, -0.15) is 0 Å².